The summed E-state index contributed by atoms with van der Waals surface area (Å²) in [7, 11) is 0. The lowest BCUT2D eigenvalue weighted by Crippen LogP contribution is -2.39. The number of hydrogen-bond donors (Lipinski definition) is 2. The molecule has 1 aliphatic heterocycles. The van der Waals surface area contributed by atoms with Gasteiger partial charge in [-0.15, -0.1) is 0 Å². The molecule has 0 spiro atoms. The first-order valence-corrected chi connectivity index (χ1v) is 13.4. The van der Waals surface area contributed by atoms with Gasteiger partial charge in [-0.1, -0.05) is 48.5 Å². The summed E-state index contributed by atoms with van der Waals surface area (Å²) >= 11 is 0. The Kier molecular flexibility index (Phi) is 8.23. The van der Waals surface area contributed by atoms with Gasteiger partial charge in [-0.2, -0.15) is 0 Å². The van der Waals surface area contributed by atoms with E-state index in [-0.39, 0.29) is 23.6 Å². The summed E-state index contributed by atoms with van der Waals surface area (Å²) in [5.41, 5.74) is 0.869. The molecule has 1 amide bonds. The van der Waals surface area contributed by atoms with Crippen molar-refractivity contribution in [2.45, 2.75) is 51.7 Å². The number of aromatic nitrogens is 3. The number of rotatable bonds is 7. The molecule has 5 rings (SSSR count). The van der Waals surface area contributed by atoms with Gasteiger partial charge in [0.25, 0.3) is 12.0 Å². The van der Waals surface area contributed by atoms with Gasteiger partial charge in [0.15, 0.2) is 0 Å². The van der Waals surface area contributed by atoms with Crippen LogP contribution in [0.4, 0.5) is 23.8 Å². The van der Waals surface area contributed by atoms with E-state index >= 15 is 0 Å². The van der Waals surface area contributed by atoms with E-state index in [2.05, 4.69) is 20.3 Å². The molecule has 0 saturated carbocycles. The number of pyridine rings is 1. The van der Waals surface area contributed by atoms with E-state index in [4.69, 9.17) is 4.74 Å². The van der Waals surface area contributed by atoms with Gasteiger partial charge in [0.2, 0.25) is 0 Å². The Balaban J connectivity index is 1.34. The number of nitrogens with zero attached hydrogens (tertiary/aromatic N) is 3. The fourth-order valence-corrected chi connectivity index (χ4v) is 5.17. The van der Waals surface area contributed by atoms with E-state index in [1.165, 1.54) is 12.1 Å². The molecule has 41 heavy (non-hydrogen) atoms. The number of aromatic amines is 1. The van der Waals surface area contributed by atoms with Gasteiger partial charge in [0.05, 0.1) is 17.0 Å². The van der Waals surface area contributed by atoms with Crippen LogP contribution in [0.2, 0.25) is 0 Å². The van der Waals surface area contributed by atoms with Crippen LogP contribution in [-0.4, -0.2) is 39.0 Å². The number of fused-ring (bicyclic) bond motifs is 1. The van der Waals surface area contributed by atoms with E-state index in [9.17, 15) is 22.8 Å². The van der Waals surface area contributed by atoms with Gasteiger partial charge in [-0.25, -0.2) is 27.9 Å². The number of carbonyl (C=O) groups is 1. The van der Waals surface area contributed by atoms with Crippen LogP contribution < -0.4 is 10.9 Å². The Labute approximate surface area is 234 Å². The molecule has 2 aromatic heterocycles. The third kappa shape index (κ3) is 6.18. The first-order chi connectivity index (χ1) is 19.7. The number of anilines is 1. The minimum Gasteiger partial charge on any atom is -0.445 e. The number of piperidine rings is 1. The summed E-state index contributed by atoms with van der Waals surface area (Å²) < 4.78 is 46.8. The van der Waals surface area contributed by atoms with E-state index < -0.39 is 29.9 Å². The van der Waals surface area contributed by atoms with Crippen molar-refractivity contribution in [3.63, 3.8) is 0 Å². The summed E-state index contributed by atoms with van der Waals surface area (Å²) in [5, 5.41) is 3.64. The highest BCUT2D eigenvalue weighted by molar-refractivity contribution is 5.87. The van der Waals surface area contributed by atoms with E-state index in [1.807, 2.05) is 30.3 Å². The number of nitrogens with one attached hydrogen (secondary N) is 2. The molecule has 1 aliphatic rings. The standard InChI is InChI=1S/C30H30F3N5O3/c1-17(21-9-6-10-22(25(21)31)26(32)33)34-27-24-15-23(29(39)37-28(24)36-18(2)35-27)20-11-13-38(14-12-20)30(40)41-16-19-7-4-3-5-8-19/h3-10,15,17,20,26H,11-14,16H2,1-2H3,(H2,34,35,36,37,39)/t17-/m1/s1. The van der Waals surface area contributed by atoms with E-state index in [1.54, 1.807) is 24.8 Å². The SMILES string of the molecule is Cc1nc(N[C@H](C)c2cccc(C(F)F)c2F)c2cc(C3CCN(C(=O)OCc4ccccc4)CC3)c(=O)[nH]c2n1. The molecule has 0 unspecified atom stereocenters. The molecule has 1 saturated heterocycles. The Morgan fingerprint density at radius 2 is 1.80 bits per heavy atom. The fraction of sp³-hybridized carbons (Fsp3) is 0.333. The number of halogens is 3. The number of hydrogen-bond acceptors (Lipinski definition) is 6. The molecule has 8 nitrogen and oxygen atoms in total. The van der Waals surface area contributed by atoms with Crippen molar-refractivity contribution in [1.82, 2.24) is 19.9 Å². The maximum absolute atomic E-state index is 14.8. The summed E-state index contributed by atoms with van der Waals surface area (Å²) in [4.78, 5) is 38.9. The largest absolute Gasteiger partial charge is 0.445 e. The molecule has 1 fully saturated rings. The van der Waals surface area contributed by atoms with Gasteiger partial charge in [-0.05, 0) is 44.2 Å². The second-order valence-corrected chi connectivity index (χ2v) is 10.2. The predicted molar refractivity (Wildman–Crippen MR) is 148 cm³/mol. The van der Waals surface area contributed by atoms with Gasteiger partial charge in [-0.3, -0.25) is 4.79 Å². The Hall–Kier alpha value is -4.41. The van der Waals surface area contributed by atoms with Crippen molar-refractivity contribution in [2.24, 2.45) is 0 Å². The molecule has 3 heterocycles. The minimum atomic E-state index is -2.94. The maximum atomic E-state index is 14.8. The number of amides is 1. The smallest absolute Gasteiger partial charge is 0.410 e. The average Bonchev–Trinajstić information content (AvgIpc) is 2.96. The third-order valence-electron chi connectivity index (χ3n) is 7.36. The molecular weight excluding hydrogens is 535 g/mol. The second-order valence-electron chi connectivity index (χ2n) is 10.2. The first kappa shape index (κ1) is 28.1. The number of benzene rings is 2. The molecule has 0 radical (unpaired) electrons. The van der Waals surface area contributed by atoms with Gasteiger partial charge < -0.3 is 19.9 Å². The van der Waals surface area contributed by atoms with Crippen LogP contribution in [0.25, 0.3) is 11.0 Å². The van der Waals surface area contributed by atoms with Crippen LogP contribution in [-0.2, 0) is 11.3 Å². The molecule has 2 aromatic carbocycles. The monoisotopic (exact) mass is 565 g/mol. The Bertz CT molecular complexity index is 1600. The van der Waals surface area contributed by atoms with Crippen LogP contribution in [0.1, 0.15) is 66.2 Å². The molecule has 1 atom stereocenters. The maximum Gasteiger partial charge on any atom is 0.410 e. The van der Waals surface area contributed by atoms with Crippen molar-refractivity contribution in [3.8, 4) is 0 Å². The number of aryl methyl sites for hydroxylation is 1. The summed E-state index contributed by atoms with van der Waals surface area (Å²) in [6.45, 7) is 4.36. The van der Waals surface area contributed by atoms with Crippen molar-refractivity contribution >= 4 is 22.9 Å². The predicted octanol–water partition coefficient (Wildman–Crippen LogP) is 6.39. The lowest BCUT2D eigenvalue weighted by molar-refractivity contribution is 0.0870. The van der Waals surface area contributed by atoms with Crippen molar-refractivity contribution in [1.29, 1.82) is 0 Å². The highest BCUT2D eigenvalue weighted by atomic mass is 19.3. The second kappa shape index (κ2) is 12.0. The van der Waals surface area contributed by atoms with Gasteiger partial charge in [0, 0.05) is 24.2 Å². The number of ether oxygens (including phenoxy) is 1. The van der Waals surface area contributed by atoms with Crippen LogP contribution in [0.5, 0.6) is 0 Å². The molecule has 4 aromatic rings. The Morgan fingerprint density at radius 3 is 2.51 bits per heavy atom. The molecular formula is C30H30F3N5O3. The summed E-state index contributed by atoms with van der Waals surface area (Å²) in [6.07, 6.45) is -2.21. The van der Waals surface area contributed by atoms with Crippen LogP contribution in [0, 0.1) is 12.7 Å². The zero-order chi connectivity index (χ0) is 29.1. The van der Waals surface area contributed by atoms with Crippen molar-refractivity contribution in [2.75, 3.05) is 18.4 Å². The van der Waals surface area contributed by atoms with Crippen molar-refractivity contribution < 1.29 is 22.7 Å². The van der Waals surface area contributed by atoms with E-state index in [0.29, 0.717) is 54.2 Å². The third-order valence-corrected chi connectivity index (χ3v) is 7.36. The summed E-state index contributed by atoms with van der Waals surface area (Å²) in [6, 6.07) is 14.4. The molecule has 0 bridgehead atoms. The minimum absolute atomic E-state index is 0.0726. The lowest BCUT2D eigenvalue weighted by atomic mass is 9.90. The average molecular weight is 566 g/mol. The highest BCUT2D eigenvalue weighted by Gasteiger charge is 2.27. The zero-order valence-corrected chi connectivity index (χ0v) is 22.7. The van der Waals surface area contributed by atoms with Crippen molar-refractivity contribution in [3.05, 3.63) is 98.8 Å². The molecule has 2 N–H and O–H groups in total. The molecule has 11 heteroatoms. The summed E-state index contributed by atoms with van der Waals surface area (Å²) in [5.74, 6) is -0.366. The topological polar surface area (TPSA) is 100 Å². The zero-order valence-electron chi connectivity index (χ0n) is 22.7. The van der Waals surface area contributed by atoms with Crippen LogP contribution in [0.3, 0.4) is 0 Å². The number of carbonyl (C=O) groups excluding carboxylic acids is 1. The molecule has 0 aliphatic carbocycles. The normalized spacial score (nSPS) is 14.8. The van der Waals surface area contributed by atoms with Crippen LogP contribution >= 0.6 is 0 Å². The van der Waals surface area contributed by atoms with Gasteiger partial charge >= 0.3 is 6.09 Å². The lowest BCUT2D eigenvalue weighted by Gasteiger charge is -2.31. The Morgan fingerprint density at radius 1 is 1.10 bits per heavy atom. The number of likely N-dealkylation sites (tertiary alicyclic amines) is 1. The fourth-order valence-electron chi connectivity index (χ4n) is 5.17. The highest BCUT2D eigenvalue weighted by Crippen LogP contribution is 2.32. The van der Waals surface area contributed by atoms with E-state index in [0.717, 1.165) is 11.6 Å². The number of alkyl halides is 2. The van der Waals surface area contributed by atoms with Gasteiger partial charge in [0.1, 0.15) is 29.7 Å². The van der Waals surface area contributed by atoms with Crippen LogP contribution in [0.15, 0.2) is 59.4 Å². The molecule has 214 valence electrons. The first-order valence-electron chi connectivity index (χ1n) is 13.4. The number of H-pyrrole nitrogens is 1. The quantitative estimate of drug-likeness (QED) is 0.269.